The number of ether oxygens (including phenoxy) is 3. The summed E-state index contributed by atoms with van der Waals surface area (Å²) in [6.45, 7) is 2.28. The van der Waals surface area contributed by atoms with Crippen LogP contribution in [0, 0.1) is 0 Å². The first-order valence-corrected chi connectivity index (χ1v) is 11.4. The highest BCUT2D eigenvalue weighted by molar-refractivity contribution is 6.42. The number of nitrogens with zero attached hydrogens (tertiary/aromatic N) is 3. The van der Waals surface area contributed by atoms with Crippen molar-refractivity contribution in [1.29, 1.82) is 0 Å². The lowest BCUT2D eigenvalue weighted by Gasteiger charge is -2.10. The maximum atomic E-state index is 12.8. The zero-order valence-corrected chi connectivity index (χ0v) is 20.7. The molecule has 0 spiro atoms. The van der Waals surface area contributed by atoms with Crippen molar-refractivity contribution in [3.05, 3.63) is 76.3 Å². The quantitative estimate of drug-likeness (QED) is 0.315. The van der Waals surface area contributed by atoms with Crippen molar-refractivity contribution in [2.75, 3.05) is 26.1 Å². The van der Waals surface area contributed by atoms with Crippen LogP contribution in [0.3, 0.4) is 0 Å². The highest BCUT2D eigenvalue weighted by atomic mass is 35.5. The van der Waals surface area contributed by atoms with Crippen LogP contribution >= 0.6 is 23.2 Å². The number of nitrogens with one attached hydrogen (secondary N) is 1. The van der Waals surface area contributed by atoms with Gasteiger partial charge >= 0.3 is 6.01 Å². The van der Waals surface area contributed by atoms with Gasteiger partial charge in [-0.1, -0.05) is 23.2 Å². The zero-order chi connectivity index (χ0) is 24.9. The van der Waals surface area contributed by atoms with Gasteiger partial charge in [-0.2, -0.15) is 4.98 Å². The molecule has 1 amide bonds. The number of amides is 1. The van der Waals surface area contributed by atoms with Gasteiger partial charge in [-0.25, -0.2) is 4.68 Å². The van der Waals surface area contributed by atoms with Gasteiger partial charge in [0, 0.05) is 22.9 Å². The Labute approximate surface area is 212 Å². The average Bonchev–Trinajstić information content (AvgIpc) is 3.29. The van der Waals surface area contributed by atoms with Crippen LogP contribution in [0.1, 0.15) is 17.3 Å². The van der Waals surface area contributed by atoms with Gasteiger partial charge in [-0.3, -0.25) is 4.79 Å². The molecule has 3 aromatic carbocycles. The van der Waals surface area contributed by atoms with Crippen molar-refractivity contribution in [3.8, 4) is 34.6 Å². The van der Waals surface area contributed by atoms with E-state index >= 15 is 0 Å². The molecule has 0 fully saturated rings. The molecule has 180 valence electrons. The molecule has 0 saturated heterocycles. The summed E-state index contributed by atoms with van der Waals surface area (Å²) in [6, 6.07) is 17.6. The normalized spacial score (nSPS) is 10.7. The highest BCUT2D eigenvalue weighted by Crippen LogP contribution is 2.30. The van der Waals surface area contributed by atoms with E-state index in [1.807, 2.05) is 19.1 Å². The maximum Gasteiger partial charge on any atom is 0.336 e. The molecule has 10 heteroatoms. The van der Waals surface area contributed by atoms with Crippen molar-refractivity contribution in [2.24, 2.45) is 0 Å². The second kappa shape index (κ2) is 10.7. The highest BCUT2D eigenvalue weighted by Gasteiger charge is 2.16. The summed E-state index contributed by atoms with van der Waals surface area (Å²) in [6.07, 6.45) is 0. The molecule has 0 radical (unpaired) electrons. The van der Waals surface area contributed by atoms with Crippen LogP contribution < -0.4 is 19.5 Å². The standard InChI is InChI=1S/C25H22Cl2N4O4/c1-4-35-25-29-23(15-5-10-21(26)22(27)13-15)31(30-25)18-8-6-17(7-9-18)28-24(32)16-11-19(33-2)14-20(12-16)34-3/h5-14H,4H2,1-3H3,(H,28,32). The van der Waals surface area contributed by atoms with Crippen LogP contribution in [0.15, 0.2) is 60.7 Å². The molecule has 0 aliphatic carbocycles. The van der Waals surface area contributed by atoms with Crippen LogP contribution in [0.4, 0.5) is 5.69 Å². The van der Waals surface area contributed by atoms with E-state index < -0.39 is 0 Å². The van der Waals surface area contributed by atoms with Crippen molar-refractivity contribution >= 4 is 34.8 Å². The molecule has 0 saturated carbocycles. The predicted octanol–water partition coefficient (Wildman–Crippen LogP) is 5.91. The minimum absolute atomic E-state index is 0.234. The fraction of sp³-hybridized carbons (Fsp3) is 0.160. The van der Waals surface area contributed by atoms with E-state index in [9.17, 15) is 4.79 Å². The van der Waals surface area contributed by atoms with Gasteiger partial charge in [0.15, 0.2) is 5.82 Å². The fourth-order valence-electron chi connectivity index (χ4n) is 3.31. The van der Waals surface area contributed by atoms with Gasteiger partial charge in [-0.15, -0.1) is 5.10 Å². The molecule has 0 aliphatic rings. The Bertz CT molecular complexity index is 1330. The minimum Gasteiger partial charge on any atom is -0.497 e. The van der Waals surface area contributed by atoms with E-state index in [-0.39, 0.29) is 11.9 Å². The summed E-state index contributed by atoms with van der Waals surface area (Å²) in [5, 5.41) is 8.19. The molecule has 1 heterocycles. The lowest BCUT2D eigenvalue weighted by atomic mass is 10.1. The third-order valence-electron chi connectivity index (χ3n) is 5.02. The van der Waals surface area contributed by atoms with Crippen LogP contribution in [-0.2, 0) is 0 Å². The number of methoxy groups -OCH3 is 2. The summed E-state index contributed by atoms with van der Waals surface area (Å²) in [5.74, 6) is 1.28. The summed E-state index contributed by atoms with van der Waals surface area (Å²) in [7, 11) is 3.06. The Morgan fingerprint density at radius 3 is 2.23 bits per heavy atom. The van der Waals surface area contributed by atoms with Gasteiger partial charge in [0.1, 0.15) is 11.5 Å². The summed E-state index contributed by atoms with van der Waals surface area (Å²) >= 11 is 12.3. The van der Waals surface area contributed by atoms with Crippen LogP contribution in [0.2, 0.25) is 10.0 Å². The van der Waals surface area contributed by atoms with Crippen molar-refractivity contribution < 1.29 is 19.0 Å². The van der Waals surface area contributed by atoms with Gasteiger partial charge in [-0.05, 0) is 61.5 Å². The second-order valence-corrected chi connectivity index (χ2v) is 8.11. The molecule has 4 aromatic rings. The first-order chi connectivity index (χ1) is 16.9. The average molecular weight is 513 g/mol. The van der Waals surface area contributed by atoms with E-state index in [2.05, 4.69) is 15.4 Å². The van der Waals surface area contributed by atoms with E-state index in [0.29, 0.717) is 50.9 Å². The number of hydrogen-bond acceptors (Lipinski definition) is 6. The Kier molecular flexibility index (Phi) is 7.43. The van der Waals surface area contributed by atoms with Crippen molar-refractivity contribution in [3.63, 3.8) is 0 Å². The lowest BCUT2D eigenvalue weighted by molar-refractivity contribution is 0.102. The van der Waals surface area contributed by atoms with Crippen LogP contribution in [-0.4, -0.2) is 41.5 Å². The van der Waals surface area contributed by atoms with E-state index in [1.54, 1.807) is 53.2 Å². The molecular formula is C25H22Cl2N4O4. The Hall–Kier alpha value is -3.75. The third-order valence-corrected chi connectivity index (χ3v) is 5.76. The Morgan fingerprint density at radius 2 is 1.63 bits per heavy atom. The summed E-state index contributed by atoms with van der Waals surface area (Å²) in [4.78, 5) is 17.3. The number of benzene rings is 3. The molecule has 0 bridgehead atoms. The van der Waals surface area contributed by atoms with Gasteiger partial charge in [0.2, 0.25) is 0 Å². The Balaban J connectivity index is 1.61. The molecular weight excluding hydrogens is 491 g/mol. The summed E-state index contributed by atoms with van der Waals surface area (Å²) < 4.78 is 17.6. The zero-order valence-electron chi connectivity index (χ0n) is 19.2. The van der Waals surface area contributed by atoms with E-state index in [1.165, 1.54) is 14.2 Å². The molecule has 0 unspecified atom stereocenters. The van der Waals surface area contributed by atoms with Gasteiger partial charge < -0.3 is 19.5 Å². The molecule has 0 aliphatic heterocycles. The molecule has 1 N–H and O–H groups in total. The number of rotatable bonds is 8. The second-order valence-electron chi connectivity index (χ2n) is 7.29. The number of hydrogen-bond donors (Lipinski definition) is 1. The molecule has 0 atom stereocenters. The monoisotopic (exact) mass is 512 g/mol. The summed E-state index contributed by atoms with van der Waals surface area (Å²) in [5.41, 5.74) is 2.44. The molecule has 8 nitrogen and oxygen atoms in total. The van der Waals surface area contributed by atoms with E-state index in [4.69, 9.17) is 37.4 Å². The number of carbonyl (C=O) groups excluding carboxylic acids is 1. The molecule has 35 heavy (non-hydrogen) atoms. The smallest absolute Gasteiger partial charge is 0.336 e. The topological polar surface area (TPSA) is 87.5 Å². The third kappa shape index (κ3) is 5.50. The first kappa shape index (κ1) is 24.4. The lowest BCUT2D eigenvalue weighted by Crippen LogP contribution is -2.12. The van der Waals surface area contributed by atoms with Gasteiger partial charge in [0.25, 0.3) is 5.91 Å². The number of anilines is 1. The maximum absolute atomic E-state index is 12.8. The van der Waals surface area contributed by atoms with Crippen LogP contribution in [0.5, 0.6) is 17.5 Å². The molecule has 4 rings (SSSR count). The minimum atomic E-state index is -0.300. The largest absolute Gasteiger partial charge is 0.497 e. The van der Waals surface area contributed by atoms with E-state index in [0.717, 1.165) is 5.56 Å². The number of carbonyl (C=O) groups is 1. The number of aromatic nitrogens is 3. The first-order valence-electron chi connectivity index (χ1n) is 10.6. The number of halogens is 2. The SMILES string of the molecule is CCOc1nc(-c2ccc(Cl)c(Cl)c2)n(-c2ccc(NC(=O)c3cc(OC)cc(OC)c3)cc2)n1. The Morgan fingerprint density at radius 1 is 0.943 bits per heavy atom. The fourth-order valence-corrected chi connectivity index (χ4v) is 3.61. The van der Waals surface area contributed by atoms with Gasteiger partial charge in [0.05, 0.1) is 36.6 Å². The van der Waals surface area contributed by atoms with Crippen LogP contribution in [0.25, 0.3) is 17.1 Å². The predicted molar refractivity (Wildman–Crippen MR) is 135 cm³/mol. The van der Waals surface area contributed by atoms with Crippen molar-refractivity contribution in [1.82, 2.24) is 14.8 Å². The van der Waals surface area contributed by atoms with Crippen molar-refractivity contribution in [2.45, 2.75) is 6.92 Å². The molecule has 1 aromatic heterocycles.